The molecule has 0 N–H and O–H groups in total. The molecule has 0 bridgehead atoms. The largest absolute Gasteiger partial charge is 0.342 e. The van der Waals surface area contributed by atoms with Gasteiger partial charge in [0, 0.05) is 48.6 Å². The smallest absolute Gasteiger partial charge is 0.255 e. The van der Waals surface area contributed by atoms with E-state index in [0.717, 1.165) is 59.4 Å². The molecule has 7 nitrogen and oxygen atoms in total. The first-order valence-corrected chi connectivity index (χ1v) is 11.9. The second kappa shape index (κ2) is 7.72. The Kier molecular flexibility index (Phi) is 4.76. The molecule has 3 aromatic rings. The monoisotopic (exact) mass is 453 g/mol. The average molecular weight is 454 g/mol. The molecule has 0 atom stereocenters. The van der Waals surface area contributed by atoms with E-state index in [1.54, 1.807) is 6.33 Å². The zero-order valence-corrected chi connectivity index (χ0v) is 19.4. The fourth-order valence-electron chi connectivity index (χ4n) is 4.87. The molecule has 0 unspecified atom stereocenters. The fourth-order valence-corrected chi connectivity index (χ4v) is 4.87. The van der Waals surface area contributed by atoms with Crippen LogP contribution in [0, 0.1) is 11.8 Å². The number of fused-ring (bicyclic) bond motifs is 1. The molecule has 7 heteroatoms. The zero-order valence-electron chi connectivity index (χ0n) is 19.4. The topological polar surface area (TPSA) is 78.8 Å². The number of aliphatic imine (C=N–C) groups is 1. The molecule has 1 saturated heterocycles. The Morgan fingerprint density at radius 1 is 1.03 bits per heavy atom. The van der Waals surface area contributed by atoms with Crippen molar-refractivity contribution in [2.75, 3.05) is 19.6 Å². The first-order valence-electron chi connectivity index (χ1n) is 11.9. The fraction of sp³-hybridized carbons (Fsp3) is 0.370. The van der Waals surface area contributed by atoms with Crippen LogP contribution < -0.4 is 0 Å². The molecule has 2 amide bonds. The summed E-state index contributed by atoms with van der Waals surface area (Å²) in [6.45, 7) is 5.80. The Hall–Kier alpha value is -3.61. The van der Waals surface area contributed by atoms with Crippen molar-refractivity contribution in [3.63, 3.8) is 0 Å². The van der Waals surface area contributed by atoms with Crippen molar-refractivity contribution in [3.05, 3.63) is 60.6 Å². The van der Waals surface area contributed by atoms with Gasteiger partial charge < -0.3 is 4.90 Å². The number of aromatic nitrogens is 2. The van der Waals surface area contributed by atoms with Gasteiger partial charge in [-0.1, -0.05) is 36.4 Å². The van der Waals surface area contributed by atoms with Crippen LogP contribution in [0.25, 0.3) is 22.0 Å². The predicted molar refractivity (Wildman–Crippen MR) is 130 cm³/mol. The van der Waals surface area contributed by atoms with E-state index >= 15 is 0 Å². The van der Waals surface area contributed by atoms with E-state index in [1.165, 1.54) is 0 Å². The number of amides is 2. The van der Waals surface area contributed by atoms with Gasteiger partial charge in [-0.05, 0) is 43.9 Å². The number of carbonyl (C=O) groups excluding carboxylic acids is 2. The molecule has 2 aliphatic heterocycles. The minimum absolute atomic E-state index is 0.0211. The lowest BCUT2D eigenvalue weighted by Crippen LogP contribution is -2.55. The molecule has 1 saturated carbocycles. The van der Waals surface area contributed by atoms with Crippen LogP contribution >= 0.6 is 0 Å². The van der Waals surface area contributed by atoms with Gasteiger partial charge in [-0.15, -0.1) is 0 Å². The SMILES string of the molecule is CC1(C)N=C(c2ccc(-c3ccc4cncnc4c3)cc2)N(CC2CN(C(=O)C3CC3)C2)C1=O. The predicted octanol–water partition coefficient (Wildman–Crippen LogP) is 3.53. The van der Waals surface area contributed by atoms with Gasteiger partial charge in [-0.25, -0.2) is 9.97 Å². The summed E-state index contributed by atoms with van der Waals surface area (Å²) in [5.74, 6) is 1.57. The van der Waals surface area contributed by atoms with Crippen molar-refractivity contribution in [1.82, 2.24) is 19.8 Å². The molecule has 0 spiro atoms. The average Bonchev–Trinajstić information content (AvgIpc) is 3.64. The van der Waals surface area contributed by atoms with Gasteiger partial charge in [0.2, 0.25) is 5.91 Å². The summed E-state index contributed by atoms with van der Waals surface area (Å²) in [6, 6.07) is 14.3. The zero-order chi connectivity index (χ0) is 23.4. The number of rotatable bonds is 5. The summed E-state index contributed by atoms with van der Waals surface area (Å²) in [6.07, 6.45) is 5.42. The molecular formula is C27H27N5O2. The van der Waals surface area contributed by atoms with Crippen molar-refractivity contribution in [2.24, 2.45) is 16.8 Å². The van der Waals surface area contributed by atoms with E-state index in [4.69, 9.17) is 4.99 Å². The maximum Gasteiger partial charge on any atom is 0.255 e. The van der Waals surface area contributed by atoms with E-state index < -0.39 is 5.54 Å². The van der Waals surface area contributed by atoms with Crippen molar-refractivity contribution in [2.45, 2.75) is 32.2 Å². The highest BCUT2D eigenvalue weighted by atomic mass is 16.2. The van der Waals surface area contributed by atoms with E-state index in [1.807, 2.05) is 48.0 Å². The third-order valence-corrected chi connectivity index (χ3v) is 7.03. The van der Waals surface area contributed by atoms with Gasteiger partial charge in [0.25, 0.3) is 5.91 Å². The minimum atomic E-state index is -0.778. The lowest BCUT2D eigenvalue weighted by atomic mass is 9.97. The summed E-state index contributed by atoms with van der Waals surface area (Å²) in [5.41, 5.74) is 3.21. The lowest BCUT2D eigenvalue weighted by Gasteiger charge is -2.41. The van der Waals surface area contributed by atoms with Crippen molar-refractivity contribution in [1.29, 1.82) is 0 Å². The Balaban J connectivity index is 1.21. The highest BCUT2D eigenvalue weighted by molar-refractivity contribution is 6.15. The molecule has 0 radical (unpaired) electrons. The summed E-state index contributed by atoms with van der Waals surface area (Å²) in [4.78, 5) is 42.4. The van der Waals surface area contributed by atoms with Crippen LogP contribution in [0.2, 0.25) is 0 Å². The van der Waals surface area contributed by atoms with E-state index in [-0.39, 0.29) is 17.7 Å². The maximum atomic E-state index is 13.2. The van der Waals surface area contributed by atoms with Crippen LogP contribution in [-0.4, -0.2) is 62.6 Å². The summed E-state index contributed by atoms with van der Waals surface area (Å²) < 4.78 is 0. The van der Waals surface area contributed by atoms with E-state index in [0.29, 0.717) is 12.5 Å². The van der Waals surface area contributed by atoms with Crippen molar-refractivity contribution in [3.8, 4) is 11.1 Å². The molecule has 172 valence electrons. The van der Waals surface area contributed by atoms with Gasteiger partial charge in [0.1, 0.15) is 17.7 Å². The molecule has 3 aliphatic rings. The van der Waals surface area contributed by atoms with Gasteiger partial charge in [-0.2, -0.15) is 0 Å². The maximum absolute atomic E-state index is 13.2. The molecule has 6 rings (SSSR count). The number of carbonyl (C=O) groups is 2. The molecule has 2 fully saturated rings. The highest BCUT2D eigenvalue weighted by Crippen LogP contribution is 2.34. The van der Waals surface area contributed by atoms with Crippen molar-refractivity contribution < 1.29 is 9.59 Å². The first-order chi connectivity index (χ1) is 16.4. The molecular weight excluding hydrogens is 426 g/mol. The van der Waals surface area contributed by atoms with Crippen LogP contribution in [0.3, 0.4) is 0 Å². The van der Waals surface area contributed by atoms with E-state index in [2.05, 4.69) is 34.2 Å². The Bertz CT molecular complexity index is 1320. The minimum Gasteiger partial charge on any atom is -0.342 e. The van der Waals surface area contributed by atoms with Gasteiger partial charge in [0.05, 0.1) is 5.52 Å². The number of benzene rings is 2. The van der Waals surface area contributed by atoms with Gasteiger partial charge in [0.15, 0.2) is 0 Å². The molecule has 1 aliphatic carbocycles. The second-order valence-corrected chi connectivity index (χ2v) is 10.2. The van der Waals surface area contributed by atoms with Gasteiger partial charge in [-0.3, -0.25) is 19.5 Å². The van der Waals surface area contributed by atoms with Crippen LogP contribution in [-0.2, 0) is 9.59 Å². The third-order valence-electron chi connectivity index (χ3n) is 7.03. The molecule has 2 aromatic carbocycles. The third kappa shape index (κ3) is 3.65. The quantitative estimate of drug-likeness (QED) is 0.592. The van der Waals surface area contributed by atoms with Crippen LogP contribution in [0.1, 0.15) is 32.3 Å². The van der Waals surface area contributed by atoms with Crippen LogP contribution in [0.15, 0.2) is 60.0 Å². The number of amidine groups is 1. The normalized spacial score (nSPS) is 19.9. The highest BCUT2D eigenvalue weighted by Gasteiger charge is 2.45. The summed E-state index contributed by atoms with van der Waals surface area (Å²) in [7, 11) is 0. The van der Waals surface area contributed by atoms with Crippen LogP contribution in [0.5, 0.6) is 0 Å². The second-order valence-electron chi connectivity index (χ2n) is 10.2. The molecule has 1 aromatic heterocycles. The number of nitrogens with zero attached hydrogens (tertiary/aromatic N) is 5. The van der Waals surface area contributed by atoms with Crippen molar-refractivity contribution >= 4 is 28.6 Å². The summed E-state index contributed by atoms with van der Waals surface area (Å²) >= 11 is 0. The number of likely N-dealkylation sites (tertiary alicyclic amines) is 1. The standard InChI is InChI=1S/C27H27N5O2/c1-27(2)26(34)32(15-17-13-31(14-17)25(33)20-7-8-20)24(30-27)19-5-3-18(4-6-19)21-9-10-22-12-28-16-29-23(22)11-21/h3-6,9-12,16-17,20H,7-8,13-15H2,1-2H3. The number of hydrogen-bond donors (Lipinski definition) is 0. The molecule has 3 heterocycles. The summed E-state index contributed by atoms with van der Waals surface area (Å²) in [5, 5.41) is 1.01. The Morgan fingerprint density at radius 3 is 2.47 bits per heavy atom. The number of hydrogen-bond acceptors (Lipinski definition) is 5. The Labute approximate surface area is 198 Å². The molecule has 34 heavy (non-hydrogen) atoms. The first kappa shape index (κ1) is 21.0. The van der Waals surface area contributed by atoms with Crippen LogP contribution in [0.4, 0.5) is 0 Å². The van der Waals surface area contributed by atoms with Gasteiger partial charge >= 0.3 is 0 Å². The lowest BCUT2D eigenvalue weighted by molar-refractivity contribution is -0.140. The Morgan fingerprint density at radius 2 is 1.74 bits per heavy atom. The van der Waals surface area contributed by atoms with E-state index in [9.17, 15) is 9.59 Å².